The Kier molecular flexibility index (Phi) is 6.16. The third kappa shape index (κ3) is 4.43. The summed E-state index contributed by atoms with van der Waals surface area (Å²) in [6.07, 6.45) is 0. The molecule has 1 heterocycles. The van der Waals surface area contributed by atoms with Gasteiger partial charge in [-0.15, -0.1) is 0 Å². The first-order chi connectivity index (χ1) is 13.5. The molecule has 3 amide bonds. The molecule has 0 unspecified atom stereocenters. The predicted octanol–water partition coefficient (Wildman–Crippen LogP) is 3.85. The van der Waals surface area contributed by atoms with Crippen LogP contribution in [0.3, 0.4) is 0 Å². The van der Waals surface area contributed by atoms with E-state index in [1.54, 1.807) is 14.0 Å². The van der Waals surface area contributed by atoms with Crippen molar-refractivity contribution in [3.05, 3.63) is 54.6 Å². The molecule has 2 N–H and O–H groups in total. The second-order valence-corrected chi connectivity index (χ2v) is 7.45. The van der Waals surface area contributed by atoms with Crippen LogP contribution >= 0.6 is 11.8 Å². The number of urea groups is 1. The van der Waals surface area contributed by atoms with Crippen LogP contribution in [-0.2, 0) is 4.79 Å². The number of benzene rings is 2. The Bertz CT molecular complexity index is 1010. The minimum atomic E-state index is -0.529. The maximum Gasteiger partial charge on any atom is 0.321 e. The first kappa shape index (κ1) is 19.7. The third-order valence-electron chi connectivity index (χ3n) is 4.21. The Balaban J connectivity index is 2.00. The van der Waals surface area contributed by atoms with Crippen LogP contribution in [0, 0.1) is 0 Å². The van der Waals surface area contributed by atoms with Gasteiger partial charge in [0.05, 0.1) is 22.9 Å². The molecule has 0 aliphatic heterocycles. The van der Waals surface area contributed by atoms with Crippen LogP contribution < -0.4 is 15.4 Å². The summed E-state index contributed by atoms with van der Waals surface area (Å²) in [7, 11) is 3.08. The van der Waals surface area contributed by atoms with E-state index in [0.29, 0.717) is 10.8 Å². The summed E-state index contributed by atoms with van der Waals surface area (Å²) in [5.74, 6) is 0.338. The Morgan fingerprint density at radius 2 is 1.86 bits per heavy atom. The maximum absolute atomic E-state index is 12.2. The first-order valence-electron chi connectivity index (χ1n) is 8.75. The Labute approximate surface area is 167 Å². The average Bonchev–Trinajstić information content (AvgIpc) is 2.73. The minimum absolute atomic E-state index is 0.377. The van der Waals surface area contributed by atoms with Crippen molar-refractivity contribution in [1.82, 2.24) is 15.6 Å². The quantitative estimate of drug-likeness (QED) is 0.642. The fraction of sp³-hybridized carbons (Fsp3) is 0.190. The zero-order valence-corrected chi connectivity index (χ0v) is 16.7. The lowest BCUT2D eigenvalue weighted by Gasteiger charge is -2.14. The van der Waals surface area contributed by atoms with Crippen molar-refractivity contribution >= 4 is 34.6 Å². The van der Waals surface area contributed by atoms with Crippen molar-refractivity contribution in [3.8, 4) is 16.9 Å². The summed E-state index contributed by atoms with van der Waals surface area (Å²) >= 11 is 1.30. The molecule has 1 aromatic heterocycles. The average molecular weight is 395 g/mol. The number of rotatable bonds is 5. The number of nitrogens with one attached hydrogen (secondary N) is 2. The highest BCUT2D eigenvalue weighted by Gasteiger charge is 2.18. The molecule has 0 aliphatic carbocycles. The monoisotopic (exact) mass is 395 g/mol. The summed E-state index contributed by atoms with van der Waals surface area (Å²) < 4.78 is 5.33. The number of aromatic nitrogens is 1. The minimum Gasteiger partial charge on any atom is -0.497 e. The van der Waals surface area contributed by atoms with E-state index in [0.717, 1.165) is 22.0 Å². The van der Waals surface area contributed by atoms with Crippen LogP contribution in [0.25, 0.3) is 22.0 Å². The topological polar surface area (TPSA) is 80.3 Å². The van der Waals surface area contributed by atoms with E-state index in [1.165, 1.54) is 18.8 Å². The van der Waals surface area contributed by atoms with Crippen molar-refractivity contribution in [1.29, 1.82) is 0 Å². The zero-order chi connectivity index (χ0) is 20.1. The van der Waals surface area contributed by atoms with Gasteiger partial charge in [0.1, 0.15) is 5.75 Å². The molecule has 3 rings (SSSR count). The van der Waals surface area contributed by atoms with E-state index in [-0.39, 0.29) is 5.91 Å². The number of hydrogen-bond donors (Lipinski definition) is 2. The molecule has 144 valence electrons. The van der Waals surface area contributed by atoms with Gasteiger partial charge in [0.2, 0.25) is 5.91 Å². The van der Waals surface area contributed by atoms with Gasteiger partial charge in [-0.1, -0.05) is 42.1 Å². The van der Waals surface area contributed by atoms with Gasteiger partial charge in [0.25, 0.3) is 0 Å². The molecule has 0 fully saturated rings. The van der Waals surface area contributed by atoms with Gasteiger partial charge < -0.3 is 10.1 Å². The van der Waals surface area contributed by atoms with Crippen molar-refractivity contribution in [2.24, 2.45) is 0 Å². The molecule has 0 spiro atoms. The van der Waals surface area contributed by atoms with Crippen LogP contribution in [0.4, 0.5) is 4.79 Å². The Morgan fingerprint density at radius 1 is 1.11 bits per heavy atom. The van der Waals surface area contributed by atoms with Crippen LogP contribution in [0.1, 0.15) is 6.92 Å². The first-order valence-corrected chi connectivity index (χ1v) is 9.63. The lowest BCUT2D eigenvalue weighted by Crippen LogP contribution is -2.41. The highest BCUT2D eigenvalue weighted by Crippen LogP contribution is 2.34. The van der Waals surface area contributed by atoms with E-state index in [2.05, 4.69) is 10.6 Å². The largest absolute Gasteiger partial charge is 0.497 e. The normalized spacial score (nSPS) is 11.7. The molecule has 7 heteroatoms. The number of hydrogen-bond acceptors (Lipinski definition) is 5. The summed E-state index contributed by atoms with van der Waals surface area (Å²) in [5, 5.41) is 5.87. The smallest absolute Gasteiger partial charge is 0.321 e. The summed E-state index contributed by atoms with van der Waals surface area (Å²) in [4.78, 5) is 28.3. The van der Waals surface area contributed by atoms with Gasteiger partial charge in [-0.05, 0) is 36.2 Å². The number of imide groups is 1. The molecule has 6 nitrogen and oxygen atoms in total. The highest BCUT2D eigenvalue weighted by molar-refractivity contribution is 8.00. The summed E-state index contributed by atoms with van der Waals surface area (Å²) in [6, 6.07) is 17.2. The number of fused-ring (bicyclic) bond motifs is 1. The maximum atomic E-state index is 12.2. The fourth-order valence-electron chi connectivity index (χ4n) is 2.74. The molecular formula is C21H21N3O3S. The number of nitrogens with zero attached hydrogens (tertiary/aromatic N) is 1. The second-order valence-electron chi connectivity index (χ2n) is 6.09. The zero-order valence-electron chi connectivity index (χ0n) is 15.9. The van der Waals surface area contributed by atoms with Crippen LogP contribution in [-0.4, -0.2) is 36.3 Å². The highest BCUT2D eigenvalue weighted by atomic mass is 32.2. The molecular weight excluding hydrogens is 374 g/mol. The second kappa shape index (κ2) is 8.75. The number of carbonyl (C=O) groups is 2. The van der Waals surface area contributed by atoms with Crippen molar-refractivity contribution in [2.45, 2.75) is 17.2 Å². The Morgan fingerprint density at radius 3 is 2.54 bits per heavy atom. The number of carbonyl (C=O) groups excluding carboxylic acids is 2. The predicted molar refractivity (Wildman–Crippen MR) is 112 cm³/mol. The molecule has 0 bridgehead atoms. The number of methoxy groups -OCH3 is 1. The lowest BCUT2D eigenvalue weighted by atomic mass is 10.0. The van der Waals surface area contributed by atoms with Crippen molar-refractivity contribution in [3.63, 3.8) is 0 Å². The van der Waals surface area contributed by atoms with Gasteiger partial charge in [-0.3, -0.25) is 10.1 Å². The summed E-state index contributed by atoms with van der Waals surface area (Å²) in [5.41, 5.74) is 2.86. The number of pyridine rings is 1. The van der Waals surface area contributed by atoms with E-state index in [1.807, 2.05) is 54.6 Å². The standard InChI is InChI=1S/C21H21N3O3S/c1-13(20(25)24-21(26)22-2)28-19-12-17(14-7-5-4-6-8-14)16-10-9-15(27-3)11-18(16)23-19/h4-13H,1-3H3,(H2,22,24,25,26)/t13-/m0/s1. The van der Waals surface area contributed by atoms with Crippen LogP contribution in [0.5, 0.6) is 5.75 Å². The van der Waals surface area contributed by atoms with Gasteiger partial charge in [-0.25, -0.2) is 9.78 Å². The molecule has 1 atom stereocenters. The molecule has 0 radical (unpaired) electrons. The molecule has 2 aromatic carbocycles. The van der Waals surface area contributed by atoms with Gasteiger partial charge in [-0.2, -0.15) is 0 Å². The van der Waals surface area contributed by atoms with E-state index < -0.39 is 11.3 Å². The van der Waals surface area contributed by atoms with E-state index >= 15 is 0 Å². The Hall–Kier alpha value is -3.06. The molecule has 28 heavy (non-hydrogen) atoms. The van der Waals surface area contributed by atoms with Crippen molar-refractivity contribution < 1.29 is 14.3 Å². The number of thioether (sulfide) groups is 1. The molecule has 0 aliphatic rings. The molecule has 3 aromatic rings. The van der Waals surface area contributed by atoms with Crippen LogP contribution in [0.2, 0.25) is 0 Å². The van der Waals surface area contributed by atoms with Gasteiger partial charge in [0, 0.05) is 18.5 Å². The van der Waals surface area contributed by atoms with E-state index in [9.17, 15) is 9.59 Å². The lowest BCUT2D eigenvalue weighted by molar-refractivity contribution is -0.119. The van der Waals surface area contributed by atoms with E-state index in [4.69, 9.17) is 9.72 Å². The fourth-order valence-corrected chi connectivity index (χ4v) is 3.60. The summed E-state index contributed by atoms with van der Waals surface area (Å²) in [6.45, 7) is 1.74. The van der Waals surface area contributed by atoms with Crippen LogP contribution in [0.15, 0.2) is 59.6 Å². The van der Waals surface area contributed by atoms with Crippen molar-refractivity contribution in [2.75, 3.05) is 14.2 Å². The van der Waals surface area contributed by atoms with Gasteiger partial charge in [0.15, 0.2) is 0 Å². The third-order valence-corrected chi connectivity index (χ3v) is 5.23. The van der Waals surface area contributed by atoms with Gasteiger partial charge >= 0.3 is 6.03 Å². The number of amides is 3. The molecule has 0 saturated heterocycles. The SMILES string of the molecule is CNC(=O)NC(=O)[C@H](C)Sc1cc(-c2ccccc2)c2ccc(OC)cc2n1. The molecule has 0 saturated carbocycles. The number of ether oxygens (including phenoxy) is 1.